The van der Waals surface area contributed by atoms with Crippen molar-refractivity contribution in [3.63, 3.8) is 0 Å². The van der Waals surface area contributed by atoms with E-state index < -0.39 is 0 Å². The molecule has 0 aliphatic carbocycles. The van der Waals surface area contributed by atoms with Gasteiger partial charge in [-0.3, -0.25) is 0 Å². The number of nitrogens with two attached hydrogens (primary N) is 1. The van der Waals surface area contributed by atoms with Crippen LogP contribution in [-0.4, -0.2) is 27.7 Å². The van der Waals surface area contributed by atoms with Gasteiger partial charge in [-0.1, -0.05) is 13.8 Å². The van der Waals surface area contributed by atoms with E-state index in [-0.39, 0.29) is 12.6 Å². The van der Waals surface area contributed by atoms with Crippen LogP contribution < -0.4 is 11.1 Å². The molecule has 0 bridgehead atoms. The molecule has 1 heterocycles. The average molecular weight is 234 g/mol. The zero-order valence-corrected chi connectivity index (χ0v) is 10.1. The summed E-state index contributed by atoms with van der Waals surface area (Å²) in [6.07, 6.45) is 0. The number of benzene rings is 1. The molecule has 0 saturated heterocycles. The molecule has 0 aliphatic rings. The van der Waals surface area contributed by atoms with Crippen molar-refractivity contribution in [3.8, 4) is 0 Å². The molecular formula is C12H18N4O. The topological polar surface area (TPSA) is 87.0 Å². The Labute approximate surface area is 100 Å². The minimum absolute atomic E-state index is 0.00657. The van der Waals surface area contributed by atoms with Gasteiger partial charge in [-0.05, 0) is 24.1 Å². The number of rotatable bonds is 4. The summed E-state index contributed by atoms with van der Waals surface area (Å²) >= 11 is 0. The quantitative estimate of drug-likeness (QED) is 0.605. The lowest BCUT2D eigenvalue weighted by molar-refractivity contribution is 0.249. The molecule has 0 radical (unpaired) electrons. The molecule has 0 fully saturated rings. The van der Waals surface area contributed by atoms with Gasteiger partial charge in [0.15, 0.2) is 0 Å². The van der Waals surface area contributed by atoms with Crippen LogP contribution >= 0.6 is 0 Å². The third-order valence-electron chi connectivity index (χ3n) is 2.83. The number of aliphatic hydroxyl groups is 1. The number of H-pyrrole nitrogens is 1. The van der Waals surface area contributed by atoms with Gasteiger partial charge in [-0.15, -0.1) is 0 Å². The summed E-state index contributed by atoms with van der Waals surface area (Å²) in [4.78, 5) is 7.53. The van der Waals surface area contributed by atoms with Gasteiger partial charge in [0.25, 0.3) is 0 Å². The fourth-order valence-corrected chi connectivity index (χ4v) is 1.69. The highest BCUT2D eigenvalue weighted by Crippen LogP contribution is 2.18. The van der Waals surface area contributed by atoms with Crippen LogP contribution in [0.25, 0.3) is 11.0 Å². The molecule has 5 N–H and O–H groups in total. The van der Waals surface area contributed by atoms with Crippen molar-refractivity contribution < 1.29 is 5.11 Å². The van der Waals surface area contributed by atoms with E-state index in [9.17, 15) is 5.11 Å². The van der Waals surface area contributed by atoms with Gasteiger partial charge in [-0.2, -0.15) is 0 Å². The summed E-state index contributed by atoms with van der Waals surface area (Å²) in [6.45, 7) is 4.18. The van der Waals surface area contributed by atoms with E-state index in [1.165, 1.54) is 0 Å². The molecule has 1 atom stereocenters. The number of hydrogen-bond donors (Lipinski definition) is 4. The number of hydrogen-bond acceptors (Lipinski definition) is 4. The molecule has 5 heteroatoms. The number of anilines is 2. The molecule has 1 aromatic heterocycles. The second-order valence-corrected chi connectivity index (χ2v) is 4.54. The summed E-state index contributed by atoms with van der Waals surface area (Å²) in [5, 5.41) is 12.4. The zero-order chi connectivity index (χ0) is 12.4. The lowest BCUT2D eigenvalue weighted by Crippen LogP contribution is -2.29. The monoisotopic (exact) mass is 234 g/mol. The predicted molar refractivity (Wildman–Crippen MR) is 69.8 cm³/mol. The second kappa shape index (κ2) is 4.63. The molecule has 0 aliphatic heterocycles. The van der Waals surface area contributed by atoms with Crippen LogP contribution in [0.5, 0.6) is 0 Å². The minimum Gasteiger partial charge on any atom is -0.399 e. The Bertz CT molecular complexity index is 506. The van der Waals surface area contributed by atoms with Crippen LogP contribution in [0.3, 0.4) is 0 Å². The Balaban J connectivity index is 2.24. The first-order valence-electron chi connectivity index (χ1n) is 5.73. The van der Waals surface area contributed by atoms with Crippen molar-refractivity contribution in [2.24, 2.45) is 5.92 Å². The van der Waals surface area contributed by atoms with Crippen LogP contribution in [0.1, 0.15) is 13.8 Å². The van der Waals surface area contributed by atoms with E-state index in [0.717, 1.165) is 11.0 Å². The first-order chi connectivity index (χ1) is 8.10. The molecule has 2 rings (SSSR count). The van der Waals surface area contributed by atoms with Gasteiger partial charge < -0.3 is 21.1 Å². The third-order valence-corrected chi connectivity index (χ3v) is 2.83. The maximum atomic E-state index is 9.25. The Kier molecular flexibility index (Phi) is 3.19. The number of aliphatic hydroxyl groups excluding tert-OH is 1. The van der Waals surface area contributed by atoms with Crippen molar-refractivity contribution in [1.82, 2.24) is 9.97 Å². The normalized spacial score (nSPS) is 13.2. The number of aromatic nitrogens is 2. The van der Waals surface area contributed by atoms with Gasteiger partial charge >= 0.3 is 0 Å². The van der Waals surface area contributed by atoms with Gasteiger partial charge in [0.2, 0.25) is 5.95 Å². The lowest BCUT2D eigenvalue weighted by Gasteiger charge is -2.18. The number of nitrogen functional groups attached to an aromatic ring is 1. The third kappa shape index (κ3) is 2.50. The highest BCUT2D eigenvalue weighted by atomic mass is 16.3. The molecule has 17 heavy (non-hydrogen) atoms. The summed E-state index contributed by atoms with van der Waals surface area (Å²) in [5.41, 5.74) is 8.16. The van der Waals surface area contributed by atoms with Crippen molar-refractivity contribution >= 4 is 22.7 Å². The number of aromatic amines is 1. The highest BCUT2D eigenvalue weighted by Gasteiger charge is 2.13. The summed E-state index contributed by atoms with van der Waals surface area (Å²) < 4.78 is 0. The van der Waals surface area contributed by atoms with Gasteiger partial charge in [0.1, 0.15) is 0 Å². The summed E-state index contributed by atoms with van der Waals surface area (Å²) in [5.74, 6) is 0.997. The van der Waals surface area contributed by atoms with Crippen LogP contribution in [0.2, 0.25) is 0 Å². The highest BCUT2D eigenvalue weighted by molar-refractivity contribution is 5.80. The molecule has 2 aromatic rings. The van der Waals surface area contributed by atoms with Gasteiger partial charge in [0, 0.05) is 5.69 Å². The van der Waals surface area contributed by atoms with Crippen molar-refractivity contribution in [1.29, 1.82) is 0 Å². The summed E-state index contributed by atoms with van der Waals surface area (Å²) in [6, 6.07) is 5.53. The zero-order valence-electron chi connectivity index (χ0n) is 10.1. The van der Waals surface area contributed by atoms with E-state index >= 15 is 0 Å². The maximum absolute atomic E-state index is 9.25. The molecule has 5 nitrogen and oxygen atoms in total. The van der Waals surface area contributed by atoms with E-state index in [0.29, 0.717) is 17.6 Å². The molecule has 1 aromatic carbocycles. The smallest absolute Gasteiger partial charge is 0.201 e. The van der Waals surface area contributed by atoms with Crippen LogP contribution in [0.15, 0.2) is 18.2 Å². The number of fused-ring (bicyclic) bond motifs is 1. The number of nitrogens with zero attached hydrogens (tertiary/aromatic N) is 1. The fourth-order valence-electron chi connectivity index (χ4n) is 1.69. The van der Waals surface area contributed by atoms with Crippen LogP contribution in [-0.2, 0) is 0 Å². The average Bonchev–Trinajstić information content (AvgIpc) is 2.66. The van der Waals surface area contributed by atoms with Gasteiger partial charge in [0.05, 0.1) is 23.7 Å². The van der Waals surface area contributed by atoms with Crippen molar-refractivity contribution in [2.75, 3.05) is 17.7 Å². The van der Waals surface area contributed by atoms with Crippen molar-refractivity contribution in [3.05, 3.63) is 18.2 Å². The van der Waals surface area contributed by atoms with Gasteiger partial charge in [-0.25, -0.2) is 4.98 Å². The largest absolute Gasteiger partial charge is 0.399 e. The summed E-state index contributed by atoms with van der Waals surface area (Å²) in [7, 11) is 0. The van der Waals surface area contributed by atoms with Crippen LogP contribution in [0, 0.1) is 5.92 Å². The SMILES string of the molecule is CC(C)[C@@H](CO)Nc1nc2ccc(N)cc2[nH]1. The molecular weight excluding hydrogens is 216 g/mol. The molecule has 0 amide bonds. The Hall–Kier alpha value is -1.75. The number of imidazole rings is 1. The lowest BCUT2D eigenvalue weighted by atomic mass is 10.1. The minimum atomic E-state index is -0.00657. The molecule has 0 unspecified atom stereocenters. The Morgan fingerprint density at radius 3 is 2.88 bits per heavy atom. The van der Waals surface area contributed by atoms with E-state index in [1.807, 2.05) is 18.2 Å². The standard InChI is InChI=1S/C12H18N4O/c1-7(2)11(6-17)16-12-14-9-4-3-8(13)5-10(9)15-12/h3-5,7,11,17H,6,13H2,1-2H3,(H2,14,15,16)/t11-/m1/s1. The Morgan fingerprint density at radius 2 is 2.24 bits per heavy atom. The molecule has 0 saturated carbocycles. The maximum Gasteiger partial charge on any atom is 0.201 e. The first kappa shape index (κ1) is 11.7. The second-order valence-electron chi connectivity index (χ2n) is 4.54. The van der Waals surface area contributed by atoms with E-state index in [1.54, 1.807) is 0 Å². The molecule has 0 spiro atoms. The first-order valence-corrected chi connectivity index (χ1v) is 5.73. The number of nitrogens with one attached hydrogen (secondary N) is 2. The molecule has 92 valence electrons. The fraction of sp³-hybridized carbons (Fsp3) is 0.417. The van der Waals surface area contributed by atoms with E-state index in [4.69, 9.17) is 5.73 Å². The van der Waals surface area contributed by atoms with Crippen molar-refractivity contribution in [2.45, 2.75) is 19.9 Å². The Morgan fingerprint density at radius 1 is 1.47 bits per heavy atom. The predicted octanol–water partition coefficient (Wildman–Crippen LogP) is 1.57. The van der Waals surface area contributed by atoms with E-state index in [2.05, 4.69) is 29.1 Å². The van der Waals surface area contributed by atoms with Crippen LogP contribution in [0.4, 0.5) is 11.6 Å².